The van der Waals surface area contributed by atoms with Gasteiger partial charge in [-0.3, -0.25) is 4.21 Å². The minimum atomic E-state index is -4.33. The average Bonchev–Trinajstić information content (AvgIpc) is 2.65. The minimum Gasteiger partial charge on any atom is -0.755 e. The summed E-state index contributed by atoms with van der Waals surface area (Å²) in [7, 11) is 0. The van der Waals surface area contributed by atoms with E-state index in [1.165, 1.54) is 18.3 Å². The minimum absolute atomic E-state index is 0.167. The summed E-state index contributed by atoms with van der Waals surface area (Å²) in [6, 6.07) is 16.1. The van der Waals surface area contributed by atoms with Crippen molar-refractivity contribution in [2.24, 2.45) is 0 Å². The van der Waals surface area contributed by atoms with E-state index in [4.69, 9.17) is 4.74 Å². The predicted molar refractivity (Wildman–Crippen MR) is 99.8 cm³/mol. The van der Waals surface area contributed by atoms with Crippen LogP contribution in [-0.4, -0.2) is 26.5 Å². The highest BCUT2D eigenvalue weighted by molar-refractivity contribution is 7.80. The number of pyridine rings is 1. The molecule has 0 aliphatic carbocycles. The largest absolute Gasteiger partial charge is 0.755 e. The zero-order chi connectivity index (χ0) is 20.1. The molecule has 3 aromatic rings. The molecule has 0 spiro atoms. The fourth-order valence-electron chi connectivity index (χ4n) is 2.69. The Morgan fingerprint density at radius 3 is 2.50 bits per heavy atom. The van der Waals surface area contributed by atoms with E-state index in [0.29, 0.717) is 5.75 Å². The standard InChI is InChI=1S/C19H17F3N2O3S/c20-19(21,22)11-4-12-24(28(25)26)15-9-10-18(23-13-15)27-17-8-3-6-14-5-1-2-7-16(14)17/h1-3,5-10,13H,4,11-12H2,(H,25,26)/p-1. The summed E-state index contributed by atoms with van der Waals surface area (Å²) >= 11 is -2.71. The molecule has 0 aliphatic rings. The molecule has 1 unspecified atom stereocenters. The number of hydrogen-bond acceptors (Lipinski definition) is 4. The third-order valence-electron chi connectivity index (χ3n) is 3.97. The van der Waals surface area contributed by atoms with Crippen molar-refractivity contribution in [1.29, 1.82) is 0 Å². The van der Waals surface area contributed by atoms with Crippen molar-refractivity contribution in [3.63, 3.8) is 0 Å². The van der Waals surface area contributed by atoms with E-state index >= 15 is 0 Å². The molecule has 3 rings (SSSR count). The second kappa shape index (κ2) is 8.57. The van der Waals surface area contributed by atoms with E-state index in [1.807, 2.05) is 36.4 Å². The maximum atomic E-state index is 12.3. The van der Waals surface area contributed by atoms with Gasteiger partial charge in [0, 0.05) is 35.7 Å². The van der Waals surface area contributed by atoms with E-state index in [9.17, 15) is 21.9 Å². The lowest BCUT2D eigenvalue weighted by Crippen LogP contribution is -2.27. The van der Waals surface area contributed by atoms with E-state index in [1.54, 1.807) is 6.07 Å². The summed E-state index contributed by atoms with van der Waals surface area (Å²) in [5, 5.41) is 1.89. The molecule has 1 aromatic heterocycles. The predicted octanol–water partition coefficient (Wildman–Crippen LogP) is 4.97. The van der Waals surface area contributed by atoms with Crippen LogP contribution in [0.3, 0.4) is 0 Å². The fourth-order valence-corrected chi connectivity index (χ4v) is 3.25. The Labute approximate surface area is 162 Å². The number of halogens is 3. The van der Waals surface area contributed by atoms with Crippen LogP contribution < -0.4 is 9.04 Å². The van der Waals surface area contributed by atoms with Gasteiger partial charge in [-0.05, 0) is 23.9 Å². The number of nitrogens with zero attached hydrogens (tertiary/aromatic N) is 2. The van der Waals surface area contributed by atoms with Crippen LogP contribution in [0.4, 0.5) is 18.9 Å². The zero-order valence-electron chi connectivity index (χ0n) is 14.6. The first-order chi connectivity index (χ1) is 13.3. The molecule has 0 saturated heterocycles. The van der Waals surface area contributed by atoms with Gasteiger partial charge in [0.2, 0.25) is 5.88 Å². The molecule has 5 nitrogen and oxygen atoms in total. The molecule has 0 saturated carbocycles. The molecule has 0 radical (unpaired) electrons. The lowest BCUT2D eigenvalue weighted by Gasteiger charge is -2.26. The smallest absolute Gasteiger partial charge is 0.389 e. The highest BCUT2D eigenvalue weighted by atomic mass is 32.2. The third kappa shape index (κ3) is 5.20. The Kier molecular flexibility index (Phi) is 6.15. The molecule has 0 amide bonds. The molecule has 148 valence electrons. The van der Waals surface area contributed by atoms with Crippen LogP contribution >= 0.6 is 0 Å². The van der Waals surface area contributed by atoms with Crippen molar-refractivity contribution in [3.8, 4) is 11.6 Å². The van der Waals surface area contributed by atoms with Gasteiger partial charge in [-0.15, -0.1) is 0 Å². The zero-order valence-corrected chi connectivity index (χ0v) is 15.4. The number of hydrogen-bond donors (Lipinski definition) is 0. The Balaban J connectivity index is 1.73. The number of ether oxygens (including phenoxy) is 1. The number of benzene rings is 2. The number of rotatable bonds is 7. The summed E-state index contributed by atoms with van der Waals surface area (Å²) in [5.74, 6) is 0.833. The van der Waals surface area contributed by atoms with Crippen LogP contribution in [0.25, 0.3) is 10.8 Å². The topological polar surface area (TPSA) is 65.5 Å². The summed E-state index contributed by atoms with van der Waals surface area (Å²) < 4.78 is 66.2. The molecule has 9 heteroatoms. The Morgan fingerprint density at radius 2 is 1.82 bits per heavy atom. The van der Waals surface area contributed by atoms with E-state index < -0.39 is 23.9 Å². The van der Waals surface area contributed by atoms with Gasteiger partial charge in [-0.2, -0.15) is 13.2 Å². The lowest BCUT2D eigenvalue weighted by molar-refractivity contribution is -0.134. The normalized spacial score (nSPS) is 12.7. The van der Waals surface area contributed by atoms with Crippen LogP contribution in [0.15, 0.2) is 60.8 Å². The Hall–Kier alpha value is -2.65. The van der Waals surface area contributed by atoms with Crippen molar-refractivity contribution in [1.82, 2.24) is 4.98 Å². The van der Waals surface area contributed by atoms with E-state index in [2.05, 4.69) is 4.98 Å². The molecule has 2 aromatic carbocycles. The van der Waals surface area contributed by atoms with E-state index in [-0.39, 0.29) is 24.5 Å². The lowest BCUT2D eigenvalue weighted by atomic mass is 10.1. The van der Waals surface area contributed by atoms with Gasteiger partial charge >= 0.3 is 6.18 Å². The second-order valence-electron chi connectivity index (χ2n) is 5.97. The SMILES string of the molecule is O=S([O-])N(CCCC(F)(F)F)c1ccc(Oc2cccc3ccccc23)nc1. The summed E-state index contributed by atoms with van der Waals surface area (Å²) in [6.07, 6.45) is -4.48. The van der Waals surface area contributed by atoms with Crippen LogP contribution in [0.2, 0.25) is 0 Å². The molecule has 0 fully saturated rings. The van der Waals surface area contributed by atoms with Crippen molar-refractivity contribution in [3.05, 3.63) is 60.8 Å². The summed E-state index contributed by atoms with van der Waals surface area (Å²) in [4.78, 5) is 4.08. The van der Waals surface area contributed by atoms with Crippen LogP contribution in [0.1, 0.15) is 12.8 Å². The molecule has 0 aliphatic heterocycles. The number of fused-ring (bicyclic) bond motifs is 1. The third-order valence-corrected chi connectivity index (χ3v) is 4.73. The van der Waals surface area contributed by atoms with Crippen LogP contribution in [0, 0.1) is 0 Å². The fraction of sp³-hybridized carbons (Fsp3) is 0.211. The van der Waals surface area contributed by atoms with Crippen LogP contribution in [-0.2, 0) is 11.3 Å². The average molecular weight is 409 g/mol. The number of anilines is 1. The van der Waals surface area contributed by atoms with Gasteiger partial charge in [-0.25, -0.2) is 4.98 Å². The first-order valence-electron chi connectivity index (χ1n) is 8.39. The molecule has 28 heavy (non-hydrogen) atoms. The molecular weight excluding hydrogens is 393 g/mol. The maximum absolute atomic E-state index is 12.3. The van der Waals surface area contributed by atoms with Gasteiger partial charge < -0.3 is 13.6 Å². The first kappa shape index (κ1) is 20.1. The van der Waals surface area contributed by atoms with Gasteiger partial charge in [0.15, 0.2) is 0 Å². The second-order valence-corrected chi connectivity index (χ2v) is 6.85. The maximum Gasteiger partial charge on any atom is 0.389 e. The van der Waals surface area contributed by atoms with Crippen molar-refractivity contribution in [2.75, 3.05) is 10.8 Å². The van der Waals surface area contributed by atoms with Gasteiger partial charge in [-0.1, -0.05) is 36.4 Å². The number of alkyl halides is 3. The van der Waals surface area contributed by atoms with Crippen molar-refractivity contribution < 1.29 is 26.7 Å². The molecule has 0 N–H and O–H groups in total. The Morgan fingerprint density at radius 1 is 1.07 bits per heavy atom. The molecule has 1 atom stereocenters. The van der Waals surface area contributed by atoms with Crippen LogP contribution in [0.5, 0.6) is 11.6 Å². The van der Waals surface area contributed by atoms with Gasteiger partial charge in [0.1, 0.15) is 5.75 Å². The van der Waals surface area contributed by atoms with Gasteiger partial charge in [0.25, 0.3) is 0 Å². The van der Waals surface area contributed by atoms with Gasteiger partial charge in [0.05, 0.1) is 11.9 Å². The first-order valence-corrected chi connectivity index (χ1v) is 9.42. The molecule has 1 heterocycles. The Bertz CT molecular complexity index is 959. The van der Waals surface area contributed by atoms with E-state index in [0.717, 1.165) is 15.1 Å². The molecule has 0 bridgehead atoms. The molecular formula is C19H16F3N2O3S-. The summed E-state index contributed by atoms with van der Waals surface area (Å²) in [6.45, 7) is -0.291. The highest BCUT2D eigenvalue weighted by Crippen LogP contribution is 2.30. The summed E-state index contributed by atoms with van der Waals surface area (Å²) in [5.41, 5.74) is 0.167. The van der Waals surface area contributed by atoms with Crippen molar-refractivity contribution in [2.45, 2.75) is 19.0 Å². The monoisotopic (exact) mass is 409 g/mol. The highest BCUT2D eigenvalue weighted by Gasteiger charge is 2.26. The quantitative estimate of drug-likeness (QED) is 0.517. The number of aromatic nitrogens is 1. The van der Waals surface area contributed by atoms with Crippen molar-refractivity contribution >= 4 is 27.7 Å².